The van der Waals surface area contributed by atoms with Gasteiger partial charge >= 0.3 is 0 Å². The van der Waals surface area contributed by atoms with Crippen molar-refractivity contribution >= 4 is 17.4 Å². The predicted molar refractivity (Wildman–Crippen MR) is 151 cm³/mol. The maximum Gasteiger partial charge on any atom is 0.219 e. The fourth-order valence-electron chi connectivity index (χ4n) is 6.45. The van der Waals surface area contributed by atoms with Gasteiger partial charge in [-0.1, -0.05) is 6.07 Å². The topological polar surface area (TPSA) is 95.7 Å². The van der Waals surface area contributed by atoms with Crippen LogP contribution in [0.15, 0.2) is 41.9 Å². The molecule has 0 radical (unpaired) electrons. The molecular weight excluding hydrogens is 492 g/mol. The molecule has 2 fully saturated rings. The molecule has 2 aromatic rings. The number of anilines is 1. The van der Waals surface area contributed by atoms with Crippen LogP contribution in [0.1, 0.15) is 45.6 Å². The van der Waals surface area contributed by atoms with E-state index < -0.39 is 0 Å². The molecule has 1 saturated carbocycles. The number of carbonyl (C=O) groups is 1. The molecule has 1 aromatic heterocycles. The van der Waals surface area contributed by atoms with E-state index in [-0.39, 0.29) is 23.5 Å². The highest BCUT2D eigenvalue weighted by molar-refractivity contribution is 6.09. The summed E-state index contributed by atoms with van der Waals surface area (Å²) in [5.41, 5.74) is 6.64. The molecule has 3 unspecified atom stereocenters. The van der Waals surface area contributed by atoms with Crippen LogP contribution in [-0.4, -0.2) is 77.5 Å². The zero-order valence-corrected chi connectivity index (χ0v) is 23.5. The molecule has 1 saturated heterocycles. The first-order valence-corrected chi connectivity index (χ1v) is 14.2. The van der Waals surface area contributed by atoms with Gasteiger partial charge in [-0.15, -0.1) is 0 Å². The second-order valence-corrected chi connectivity index (χ2v) is 11.9. The van der Waals surface area contributed by atoms with Gasteiger partial charge in [-0.3, -0.25) is 14.9 Å². The molecule has 9 heteroatoms. The number of amidine groups is 1. The van der Waals surface area contributed by atoms with Crippen LogP contribution in [0.25, 0.3) is 11.1 Å². The average Bonchev–Trinajstić information content (AvgIpc) is 3.20. The van der Waals surface area contributed by atoms with E-state index in [0.29, 0.717) is 31.5 Å². The lowest BCUT2D eigenvalue weighted by Gasteiger charge is -2.40. The van der Waals surface area contributed by atoms with E-state index in [4.69, 9.17) is 9.47 Å². The van der Waals surface area contributed by atoms with E-state index in [1.807, 2.05) is 29.0 Å². The van der Waals surface area contributed by atoms with Crippen molar-refractivity contribution < 1.29 is 14.3 Å². The fraction of sp³-hybridized carbons (Fsp3) is 0.567. The van der Waals surface area contributed by atoms with E-state index in [9.17, 15) is 10.2 Å². The molecule has 1 spiro atoms. The van der Waals surface area contributed by atoms with E-state index >= 15 is 0 Å². The van der Waals surface area contributed by atoms with Crippen molar-refractivity contribution in [3.8, 4) is 11.1 Å². The highest BCUT2D eigenvalue weighted by Gasteiger charge is 2.56. The van der Waals surface area contributed by atoms with Crippen molar-refractivity contribution in [2.45, 2.75) is 64.7 Å². The van der Waals surface area contributed by atoms with Crippen LogP contribution in [0.3, 0.4) is 0 Å². The molecule has 1 amide bonds. The maximum absolute atomic E-state index is 12.4. The summed E-state index contributed by atoms with van der Waals surface area (Å²) < 4.78 is 13.8. The number of hydrogen-bond acceptors (Lipinski definition) is 6. The van der Waals surface area contributed by atoms with Crippen molar-refractivity contribution in [2.24, 2.45) is 12.5 Å². The highest BCUT2D eigenvalue weighted by atomic mass is 16.5. The number of carbonyl (C=O) groups excluding carboxylic acids is 1. The lowest BCUT2D eigenvalue weighted by atomic mass is 9.94. The lowest BCUT2D eigenvalue weighted by Crippen LogP contribution is -2.48. The summed E-state index contributed by atoms with van der Waals surface area (Å²) in [7, 11) is 1.93. The molecule has 3 aliphatic heterocycles. The Labute approximate surface area is 230 Å². The standard InChI is InChI=1S/C30H40N6O3/c1-19(2)39-24-12-22-11-21(23-14-32-34(4)15-23)5-6-27(22)36(16-24)29(31)25-17-35(20(3)37)9-7-26(25)33-28-13-30(28)8-10-38-18-30/h5-6,11,14-15,19,24,28,31,33H,7-10,12-13,16-18H2,1-4H3. The Bertz CT molecular complexity index is 1310. The minimum atomic E-state index is -0.0335. The third-order valence-corrected chi connectivity index (χ3v) is 8.72. The van der Waals surface area contributed by atoms with Gasteiger partial charge in [0.15, 0.2) is 0 Å². The summed E-state index contributed by atoms with van der Waals surface area (Å²) >= 11 is 0. The van der Waals surface area contributed by atoms with Crippen molar-refractivity contribution in [1.82, 2.24) is 20.0 Å². The van der Waals surface area contributed by atoms with Crippen LogP contribution in [0.4, 0.5) is 5.69 Å². The Kier molecular flexibility index (Phi) is 6.75. The number of rotatable bonds is 6. The molecule has 39 heavy (non-hydrogen) atoms. The molecule has 208 valence electrons. The van der Waals surface area contributed by atoms with Crippen LogP contribution in [-0.2, 0) is 27.7 Å². The molecule has 3 atom stereocenters. The van der Waals surface area contributed by atoms with Gasteiger partial charge in [0.2, 0.25) is 5.91 Å². The van der Waals surface area contributed by atoms with Gasteiger partial charge in [-0.05, 0) is 49.9 Å². The Hall–Kier alpha value is -3.17. The number of nitrogens with one attached hydrogen (secondary N) is 2. The molecule has 1 aromatic carbocycles. The molecule has 1 aliphatic carbocycles. The number of nitrogens with zero attached hydrogens (tertiary/aromatic N) is 4. The fourth-order valence-corrected chi connectivity index (χ4v) is 6.45. The summed E-state index contributed by atoms with van der Waals surface area (Å²) in [5.74, 6) is 0.501. The molecule has 9 nitrogen and oxygen atoms in total. The van der Waals surface area contributed by atoms with Gasteiger partial charge in [-0.2, -0.15) is 5.10 Å². The van der Waals surface area contributed by atoms with Crippen LogP contribution < -0.4 is 10.2 Å². The number of aromatic nitrogens is 2. The van der Waals surface area contributed by atoms with Crippen LogP contribution in [0, 0.1) is 10.8 Å². The summed E-state index contributed by atoms with van der Waals surface area (Å²) in [6, 6.07) is 6.84. The van der Waals surface area contributed by atoms with E-state index in [1.54, 1.807) is 6.92 Å². The summed E-state index contributed by atoms with van der Waals surface area (Å²) in [5, 5.41) is 17.7. The number of benzene rings is 1. The smallest absolute Gasteiger partial charge is 0.219 e. The number of ether oxygens (including phenoxy) is 2. The summed E-state index contributed by atoms with van der Waals surface area (Å²) in [6.07, 6.45) is 7.69. The van der Waals surface area contributed by atoms with Crippen molar-refractivity contribution in [2.75, 3.05) is 37.7 Å². The Morgan fingerprint density at radius 2 is 2.15 bits per heavy atom. The zero-order valence-electron chi connectivity index (χ0n) is 23.5. The molecular formula is C30H40N6O3. The summed E-state index contributed by atoms with van der Waals surface area (Å²) in [4.78, 5) is 16.3. The second kappa shape index (κ2) is 10.1. The van der Waals surface area contributed by atoms with E-state index in [0.717, 1.165) is 72.5 Å². The first-order valence-electron chi connectivity index (χ1n) is 14.2. The molecule has 2 N–H and O–H groups in total. The number of aryl methyl sites for hydroxylation is 1. The van der Waals surface area contributed by atoms with Gasteiger partial charge in [0.25, 0.3) is 0 Å². The van der Waals surface area contributed by atoms with Gasteiger partial charge in [0.05, 0.1) is 38.1 Å². The molecule has 0 bridgehead atoms. The molecule has 4 heterocycles. The second-order valence-electron chi connectivity index (χ2n) is 11.9. The summed E-state index contributed by atoms with van der Waals surface area (Å²) in [6.45, 7) is 9.12. The van der Waals surface area contributed by atoms with Gasteiger partial charge in [0.1, 0.15) is 5.84 Å². The molecule has 4 aliphatic rings. The SMILES string of the molecule is CC(=O)N1CCC(NC2CC23CCOC3)=C(C(=N)N2CC(OC(C)C)Cc3cc(-c4cnn(C)c4)ccc32)C1. The van der Waals surface area contributed by atoms with Gasteiger partial charge in [-0.25, -0.2) is 0 Å². The van der Waals surface area contributed by atoms with E-state index in [2.05, 4.69) is 47.4 Å². The Balaban J connectivity index is 1.34. The van der Waals surface area contributed by atoms with Crippen LogP contribution in [0.2, 0.25) is 0 Å². The largest absolute Gasteiger partial charge is 0.384 e. The third-order valence-electron chi connectivity index (χ3n) is 8.72. The third kappa shape index (κ3) is 5.10. The van der Waals surface area contributed by atoms with Gasteiger partial charge in [0, 0.05) is 80.1 Å². The Morgan fingerprint density at radius 3 is 2.85 bits per heavy atom. The van der Waals surface area contributed by atoms with Crippen molar-refractivity contribution in [3.63, 3.8) is 0 Å². The normalized spacial score (nSPS) is 26.4. The van der Waals surface area contributed by atoms with Gasteiger partial charge < -0.3 is 24.6 Å². The lowest BCUT2D eigenvalue weighted by molar-refractivity contribution is -0.128. The number of fused-ring (bicyclic) bond motifs is 1. The first-order chi connectivity index (χ1) is 18.7. The highest BCUT2D eigenvalue weighted by Crippen LogP contribution is 2.52. The van der Waals surface area contributed by atoms with Crippen molar-refractivity contribution in [1.29, 1.82) is 5.41 Å². The minimum Gasteiger partial charge on any atom is -0.384 e. The Morgan fingerprint density at radius 1 is 1.31 bits per heavy atom. The monoisotopic (exact) mass is 532 g/mol. The average molecular weight is 533 g/mol. The van der Waals surface area contributed by atoms with Crippen molar-refractivity contribution in [3.05, 3.63) is 47.4 Å². The number of amides is 1. The van der Waals surface area contributed by atoms with Crippen LogP contribution in [0.5, 0.6) is 0 Å². The molecule has 6 rings (SSSR count). The zero-order chi connectivity index (χ0) is 27.3. The van der Waals surface area contributed by atoms with Crippen LogP contribution >= 0.6 is 0 Å². The predicted octanol–water partition coefficient (Wildman–Crippen LogP) is 3.50. The number of hydrogen-bond donors (Lipinski definition) is 2. The minimum absolute atomic E-state index is 0.0335. The first kappa shape index (κ1) is 26.1. The maximum atomic E-state index is 12.4. The van der Waals surface area contributed by atoms with E-state index in [1.165, 1.54) is 0 Å². The quantitative estimate of drug-likeness (QED) is 0.437.